The van der Waals surface area contributed by atoms with Crippen LogP contribution in [0.5, 0.6) is 0 Å². The van der Waals surface area contributed by atoms with Crippen LogP contribution in [0, 0.1) is 0 Å². The van der Waals surface area contributed by atoms with Crippen molar-refractivity contribution in [3.05, 3.63) is 70.2 Å². The van der Waals surface area contributed by atoms with Crippen molar-refractivity contribution >= 4 is 0 Å². The van der Waals surface area contributed by atoms with Crippen LogP contribution >= 0.6 is 0 Å². The van der Waals surface area contributed by atoms with E-state index in [1.165, 1.54) is 0 Å². The first-order chi connectivity index (χ1) is 11.3. The van der Waals surface area contributed by atoms with Crippen molar-refractivity contribution in [1.29, 1.82) is 0 Å². The Hall–Kier alpha value is -2.73. The number of aromatic amines is 2. The summed E-state index contributed by atoms with van der Waals surface area (Å²) in [4.78, 5) is 29.5. The summed E-state index contributed by atoms with van der Waals surface area (Å²) in [5.41, 5.74) is 3.68. The zero-order valence-corrected chi connectivity index (χ0v) is 12.6. The van der Waals surface area contributed by atoms with Gasteiger partial charge in [0.25, 0.3) is 5.56 Å². The van der Waals surface area contributed by atoms with Gasteiger partial charge in [0.2, 0.25) is 0 Å². The molecule has 0 fully saturated rings. The maximum Gasteiger partial charge on any atom is 0.255 e. The molecule has 0 amide bonds. The summed E-state index contributed by atoms with van der Waals surface area (Å²) in [7, 11) is 0. The fourth-order valence-corrected chi connectivity index (χ4v) is 2.97. The standard InChI is InChI=1S/C17H17N5O/c23-17-14-11-22(10-13-2-1-6-19-13)9-5-15(14)20-16(21-17)12-3-7-18-8-4-12/h1-4,6-8,19H,5,9-11H2,(H,20,21,23). The van der Waals surface area contributed by atoms with E-state index in [4.69, 9.17) is 0 Å². The molecule has 3 aromatic rings. The van der Waals surface area contributed by atoms with E-state index in [0.29, 0.717) is 12.4 Å². The van der Waals surface area contributed by atoms with Crippen LogP contribution in [0.1, 0.15) is 17.0 Å². The lowest BCUT2D eigenvalue weighted by Gasteiger charge is -2.27. The summed E-state index contributed by atoms with van der Waals surface area (Å²) >= 11 is 0. The first-order valence-corrected chi connectivity index (χ1v) is 7.67. The van der Waals surface area contributed by atoms with Gasteiger partial charge in [-0.25, -0.2) is 4.98 Å². The van der Waals surface area contributed by atoms with Crippen molar-refractivity contribution in [3.8, 4) is 11.4 Å². The highest BCUT2D eigenvalue weighted by atomic mass is 16.1. The second-order valence-electron chi connectivity index (χ2n) is 5.73. The minimum atomic E-state index is -0.0435. The third-order valence-corrected chi connectivity index (χ3v) is 4.16. The van der Waals surface area contributed by atoms with Gasteiger partial charge in [-0.05, 0) is 24.3 Å². The highest BCUT2D eigenvalue weighted by Crippen LogP contribution is 2.19. The van der Waals surface area contributed by atoms with E-state index in [0.717, 1.165) is 42.0 Å². The number of nitrogens with one attached hydrogen (secondary N) is 2. The molecule has 0 aliphatic carbocycles. The van der Waals surface area contributed by atoms with Gasteiger partial charge in [-0.2, -0.15) is 0 Å². The maximum absolute atomic E-state index is 12.5. The van der Waals surface area contributed by atoms with Crippen LogP contribution in [-0.2, 0) is 19.5 Å². The number of aromatic nitrogens is 4. The molecule has 1 aliphatic heterocycles. The van der Waals surface area contributed by atoms with Gasteiger partial charge in [0.05, 0.1) is 11.3 Å². The molecule has 0 saturated heterocycles. The first-order valence-electron chi connectivity index (χ1n) is 7.67. The van der Waals surface area contributed by atoms with E-state index in [1.807, 2.05) is 24.4 Å². The SMILES string of the molecule is O=c1[nH]c(-c2ccncc2)nc2c1CN(Cc1ccc[nH]1)CC2. The van der Waals surface area contributed by atoms with E-state index < -0.39 is 0 Å². The lowest BCUT2D eigenvalue weighted by atomic mass is 10.1. The fraction of sp³-hybridized carbons (Fsp3) is 0.235. The number of hydrogen-bond acceptors (Lipinski definition) is 4. The number of hydrogen-bond donors (Lipinski definition) is 2. The normalized spacial score (nSPS) is 14.6. The van der Waals surface area contributed by atoms with Crippen molar-refractivity contribution < 1.29 is 0 Å². The molecule has 0 unspecified atom stereocenters. The van der Waals surface area contributed by atoms with Gasteiger partial charge >= 0.3 is 0 Å². The zero-order valence-electron chi connectivity index (χ0n) is 12.6. The van der Waals surface area contributed by atoms with E-state index in [2.05, 4.69) is 30.9 Å². The van der Waals surface area contributed by atoms with Gasteiger partial charge in [0.1, 0.15) is 5.82 Å². The van der Waals surface area contributed by atoms with E-state index in [1.54, 1.807) is 12.4 Å². The number of fused-ring (bicyclic) bond motifs is 1. The number of nitrogens with zero attached hydrogens (tertiary/aromatic N) is 3. The highest BCUT2D eigenvalue weighted by molar-refractivity contribution is 5.54. The summed E-state index contributed by atoms with van der Waals surface area (Å²) in [5, 5.41) is 0. The quantitative estimate of drug-likeness (QED) is 0.772. The molecular formula is C17H17N5O. The van der Waals surface area contributed by atoms with Crippen LogP contribution in [0.4, 0.5) is 0 Å². The third-order valence-electron chi connectivity index (χ3n) is 4.16. The summed E-state index contributed by atoms with van der Waals surface area (Å²) in [6.07, 6.45) is 6.11. The Kier molecular flexibility index (Phi) is 3.51. The summed E-state index contributed by atoms with van der Waals surface area (Å²) in [6.45, 7) is 2.35. The average Bonchev–Trinajstić information content (AvgIpc) is 3.09. The number of pyridine rings is 1. The van der Waals surface area contributed by atoms with Gasteiger partial charge in [-0.15, -0.1) is 0 Å². The lowest BCUT2D eigenvalue weighted by molar-refractivity contribution is 0.239. The third kappa shape index (κ3) is 2.80. The van der Waals surface area contributed by atoms with Crippen LogP contribution in [-0.4, -0.2) is 31.4 Å². The average molecular weight is 307 g/mol. The molecule has 2 N–H and O–H groups in total. The van der Waals surface area contributed by atoms with Crippen molar-refractivity contribution in [1.82, 2.24) is 24.8 Å². The summed E-state index contributed by atoms with van der Waals surface area (Å²) in [6, 6.07) is 7.75. The predicted octanol–water partition coefficient (Wildman–Crippen LogP) is 1.72. The van der Waals surface area contributed by atoms with Gasteiger partial charge < -0.3 is 9.97 Å². The largest absolute Gasteiger partial charge is 0.364 e. The molecule has 0 saturated carbocycles. The molecule has 23 heavy (non-hydrogen) atoms. The number of H-pyrrole nitrogens is 2. The van der Waals surface area contributed by atoms with Crippen LogP contribution in [0.15, 0.2) is 47.7 Å². The molecular weight excluding hydrogens is 290 g/mol. The minimum absolute atomic E-state index is 0.0435. The predicted molar refractivity (Wildman–Crippen MR) is 86.7 cm³/mol. The second-order valence-corrected chi connectivity index (χ2v) is 5.73. The molecule has 0 radical (unpaired) electrons. The van der Waals surface area contributed by atoms with Crippen molar-refractivity contribution in [3.63, 3.8) is 0 Å². The molecule has 3 aromatic heterocycles. The molecule has 0 spiro atoms. The molecule has 0 atom stereocenters. The van der Waals surface area contributed by atoms with E-state index in [-0.39, 0.29) is 5.56 Å². The lowest BCUT2D eigenvalue weighted by Crippen LogP contribution is -2.35. The molecule has 6 heteroatoms. The first kappa shape index (κ1) is 13.9. The molecule has 116 valence electrons. The fourth-order valence-electron chi connectivity index (χ4n) is 2.97. The van der Waals surface area contributed by atoms with Crippen LogP contribution in [0.3, 0.4) is 0 Å². The Morgan fingerprint density at radius 3 is 2.87 bits per heavy atom. The smallest absolute Gasteiger partial charge is 0.255 e. The maximum atomic E-state index is 12.5. The molecule has 4 heterocycles. The van der Waals surface area contributed by atoms with Gasteiger partial charge in [0, 0.05) is 55.9 Å². The van der Waals surface area contributed by atoms with Gasteiger partial charge in [-0.1, -0.05) is 0 Å². The Balaban J connectivity index is 1.62. The Morgan fingerprint density at radius 1 is 1.22 bits per heavy atom. The van der Waals surface area contributed by atoms with Crippen molar-refractivity contribution in [2.75, 3.05) is 6.54 Å². The number of rotatable bonds is 3. The monoisotopic (exact) mass is 307 g/mol. The van der Waals surface area contributed by atoms with E-state index >= 15 is 0 Å². The topological polar surface area (TPSA) is 77.7 Å². The molecule has 0 bridgehead atoms. The molecule has 4 rings (SSSR count). The van der Waals surface area contributed by atoms with Crippen molar-refractivity contribution in [2.45, 2.75) is 19.5 Å². The molecule has 0 aromatic carbocycles. The van der Waals surface area contributed by atoms with Crippen molar-refractivity contribution in [2.24, 2.45) is 0 Å². The van der Waals surface area contributed by atoms with Gasteiger partial charge in [-0.3, -0.25) is 14.7 Å². The zero-order chi connectivity index (χ0) is 15.6. The van der Waals surface area contributed by atoms with Gasteiger partial charge in [0.15, 0.2) is 0 Å². The Morgan fingerprint density at radius 2 is 2.09 bits per heavy atom. The molecule has 1 aliphatic rings. The van der Waals surface area contributed by atoms with Crippen LogP contribution in [0.25, 0.3) is 11.4 Å². The Labute approximate surface area is 133 Å². The summed E-state index contributed by atoms with van der Waals surface area (Å²) < 4.78 is 0. The minimum Gasteiger partial charge on any atom is -0.364 e. The van der Waals surface area contributed by atoms with Crippen LogP contribution < -0.4 is 5.56 Å². The second kappa shape index (κ2) is 5.81. The Bertz CT molecular complexity index is 854. The van der Waals surface area contributed by atoms with Crippen LogP contribution in [0.2, 0.25) is 0 Å². The summed E-state index contributed by atoms with van der Waals surface area (Å²) in [5.74, 6) is 0.619. The highest BCUT2D eigenvalue weighted by Gasteiger charge is 2.21. The van der Waals surface area contributed by atoms with E-state index in [9.17, 15) is 4.79 Å². The molecule has 6 nitrogen and oxygen atoms in total.